The van der Waals surface area contributed by atoms with Crippen LogP contribution in [0.4, 0.5) is 4.79 Å². The molecule has 0 saturated carbocycles. The Morgan fingerprint density at radius 1 is 1.47 bits per heavy atom. The van der Waals surface area contributed by atoms with Crippen LogP contribution >= 0.6 is 0 Å². The van der Waals surface area contributed by atoms with E-state index in [4.69, 9.17) is 15.2 Å². The zero-order valence-corrected chi connectivity index (χ0v) is 11.0. The molecular formula is C12H24N2O3. The number of alkyl carbamates (subject to hydrolysis) is 1. The van der Waals surface area contributed by atoms with E-state index in [0.717, 1.165) is 26.1 Å². The lowest BCUT2D eigenvalue weighted by Gasteiger charge is -2.28. The van der Waals surface area contributed by atoms with E-state index in [0.29, 0.717) is 12.5 Å². The van der Waals surface area contributed by atoms with E-state index in [2.05, 4.69) is 5.32 Å². The molecule has 0 bridgehead atoms. The van der Waals surface area contributed by atoms with Crippen LogP contribution in [0, 0.1) is 5.92 Å². The Bertz CT molecular complexity index is 245. The van der Waals surface area contributed by atoms with E-state index in [1.165, 1.54) is 0 Å². The van der Waals surface area contributed by atoms with Crippen molar-refractivity contribution >= 4 is 6.09 Å². The Hall–Kier alpha value is -0.810. The largest absolute Gasteiger partial charge is 0.444 e. The molecule has 0 radical (unpaired) electrons. The molecule has 1 aliphatic rings. The molecule has 5 heteroatoms. The third kappa shape index (κ3) is 5.89. The zero-order valence-electron chi connectivity index (χ0n) is 11.0. The van der Waals surface area contributed by atoms with Crippen molar-refractivity contribution in [3.05, 3.63) is 0 Å². The molecule has 100 valence electrons. The normalized spacial score (nSPS) is 19.8. The fraction of sp³-hybridized carbons (Fsp3) is 0.917. The summed E-state index contributed by atoms with van der Waals surface area (Å²) in [5.74, 6) is 0.429. The van der Waals surface area contributed by atoms with Gasteiger partial charge in [0.25, 0.3) is 0 Å². The van der Waals surface area contributed by atoms with Gasteiger partial charge >= 0.3 is 6.09 Å². The summed E-state index contributed by atoms with van der Waals surface area (Å²) >= 11 is 0. The lowest BCUT2D eigenvalue weighted by molar-refractivity contribution is 0.0475. The number of ether oxygens (including phenoxy) is 2. The van der Waals surface area contributed by atoms with E-state index >= 15 is 0 Å². The van der Waals surface area contributed by atoms with Gasteiger partial charge in [-0.3, -0.25) is 0 Å². The van der Waals surface area contributed by atoms with E-state index in [9.17, 15) is 4.79 Å². The van der Waals surface area contributed by atoms with Crippen LogP contribution in [0.3, 0.4) is 0 Å². The molecule has 1 unspecified atom stereocenters. The molecule has 5 nitrogen and oxygen atoms in total. The maximum absolute atomic E-state index is 11.4. The minimum atomic E-state index is -0.465. The SMILES string of the molecule is CC(C)(C)OC(=O)NCC(N)C1CCOCC1. The molecular weight excluding hydrogens is 220 g/mol. The summed E-state index contributed by atoms with van der Waals surface area (Å²) in [6.07, 6.45) is 1.54. The average Bonchev–Trinajstić information content (AvgIpc) is 2.25. The third-order valence-corrected chi connectivity index (χ3v) is 2.75. The number of hydrogen-bond acceptors (Lipinski definition) is 4. The molecule has 1 rings (SSSR count). The van der Waals surface area contributed by atoms with Crippen molar-refractivity contribution in [2.75, 3.05) is 19.8 Å². The molecule has 0 aromatic carbocycles. The van der Waals surface area contributed by atoms with Crippen LogP contribution < -0.4 is 11.1 Å². The molecule has 1 fully saturated rings. The average molecular weight is 244 g/mol. The quantitative estimate of drug-likeness (QED) is 0.784. The second kappa shape index (κ2) is 6.21. The third-order valence-electron chi connectivity index (χ3n) is 2.75. The summed E-state index contributed by atoms with van der Waals surface area (Å²) in [6, 6.07) is -0.0218. The van der Waals surface area contributed by atoms with Crippen LogP contribution in [0.2, 0.25) is 0 Å². The highest BCUT2D eigenvalue weighted by Gasteiger charge is 2.22. The molecule has 0 aromatic rings. The summed E-state index contributed by atoms with van der Waals surface area (Å²) in [4.78, 5) is 11.4. The first-order chi connectivity index (χ1) is 7.88. The molecule has 1 aliphatic heterocycles. The van der Waals surface area contributed by atoms with Gasteiger partial charge in [-0.05, 0) is 39.5 Å². The van der Waals surface area contributed by atoms with Crippen LogP contribution in [0.1, 0.15) is 33.6 Å². The van der Waals surface area contributed by atoms with Gasteiger partial charge in [0.15, 0.2) is 0 Å². The van der Waals surface area contributed by atoms with Gasteiger partial charge in [-0.2, -0.15) is 0 Å². The molecule has 1 atom stereocenters. The Labute approximate surface area is 103 Å². The van der Waals surface area contributed by atoms with Crippen molar-refractivity contribution in [1.29, 1.82) is 0 Å². The smallest absolute Gasteiger partial charge is 0.407 e. The van der Waals surface area contributed by atoms with Gasteiger partial charge in [-0.1, -0.05) is 0 Å². The van der Waals surface area contributed by atoms with E-state index in [-0.39, 0.29) is 6.04 Å². The maximum Gasteiger partial charge on any atom is 0.407 e. The fourth-order valence-corrected chi connectivity index (χ4v) is 1.83. The standard InChI is InChI=1S/C12H24N2O3/c1-12(2,3)17-11(15)14-8-10(13)9-4-6-16-7-5-9/h9-10H,4-8,13H2,1-3H3,(H,14,15). The maximum atomic E-state index is 11.4. The van der Waals surface area contributed by atoms with Gasteiger partial charge in [-0.25, -0.2) is 4.79 Å². The predicted molar refractivity (Wildman–Crippen MR) is 65.8 cm³/mol. The Morgan fingerprint density at radius 3 is 2.59 bits per heavy atom. The van der Waals surface area contributed by atoms with Crippen molar-refractivity contribution in [2.45, 2.75) is 45.3 Å². The van der Waals surface area contributed by atoms with Gasteiger partial charge in [0, 0.05) is 25.8 Å². The summed E-state index contributed by atoms with van der Waals surface area (Å²) in [5, 5.41) is 2.71. The highest BCUT2D eigenvalue weighted by molar-refractivity contribution is 5.67. The van der Waals surface area contributed by atoms with Crippen molar-refractivity contribution in [3.63, 3.8) is 0 Å². The first kappa shape index (κ1) is 14.3. The number of carbonyl (C=O) groups excluding carboxylic acids is 1. The van der Waals surface area contributed by atoms with Crippen LogP contribution in [-0.4, -0.2) is 37.5 Å². The van der Waals surface area contributed by atoms with E-state index in [1.54, 1.807) is 0 Å². The highest BCUT2D eigenvalue weighted by Crippen LogP contribution is 2.17. The molecule has 3 N–H and O–H groups in total. The summed E-state index contributed by atoms with van der Waals surface area (Å²) < 4.78 is 10.4. The molecule has 0 aliphatic carbocycles. The lowest BCUT2D eigenvalue weighted by Crippen LogP contribution is -2.45. The predicted octanol–water partition coefficient (Wildman–Crippen LogP) is 1.27. The molecule has 1 heterocycles. The van der Waals surface area contributed by atoms with Gasteiger partial charge in [0.1, 0.15) is 5.60 Å². The van der Waals surface area contributed by atoms with E-state index < -0.39 is 11.7 Å². The van der Waals surface area contributed by atoms with Crippen LogP contribution in [0.15, 0.2) is 0 Å². The number of hydrogen-bond donors (Lipinski definition) is 2. The molecule has 1 saturated heterocycles. The molecule has 17 heavy (non-hydrogen) atoms. The minimum absolute atomic E-state index is 0.0218. The summed E-state index contributed by atoms with van der Waals surface area (Å²) in [6.45, 7) is 7.51. The second-order valence-corrected chi connectivity index (χ2v) is 5.50. The molecule has 1 amide bonds. The van der Waals surface area contributed by atoms with Crippen molar-refractivity contribution in [2.24, 2.45) is 11.7 Å². The van der Waals surface area contributed by atoms with Gasteiger partial charge in [0.2, 0.25) is 0 Å². The number of nitrogens with one attached hydrogen (secondary N) is 1. The Balaban J connectivity index is 2.22. The first-order valence-electron chi connectivity index (χ1n) is 6.18. The molecule has 0 spiro atoms. The number of carbonyl (C=O) groups is 1. The van der Waals surface area contributed by atoms with Gasteiger partial charge in [-0.15, -0.1) is 0 Å². The fourth-order valence-electron chi connectivity index (χ4n) is 1.83. The monoisotopic (exact) mass is 244 g/mol. The van der Waals surface area contributed by atoms with Crippen LogP contribution in [-0.2, 0) is 9.47 Å². The minimum Gasteiger partial charge on any atom is -0.444 e. The lowest BCUT2D eigenvalue weighted by atomic mass is 9.92. The summed E-state index contributed by atoms with van der Waals surface area (Å²) in [5.41, 5.74) is 5.57. The zero-order chi connectivity index (χ0) is 12.9. The summed E-state index contributed by atoms with van der Waals surface area (Å²) in [7, 11) is 0. The van der Waals surface area contributed by atoms with Gasteiger partial charge < -0.3 is 20.5 Å². The van der Waals surface area contributed by atoms with Crippen LogP contribution in [0.25, 0.3) is 0 Å². The highest BCUT2D eigenvalue weighted by atomic mass is 16.6. The van der Waals surface area contributed by atoms with E-state index in [1.807, 2.05) is 20.8 Å². The Morgan fingerprint density at radius 2 is 2.06 bits per heavy atom. The number of nitrogens with two attached hydrogens (primary N) is 1. The second-order valence-electron chi connectivity index (χ2n) is 5.50. The Kier molecular flexibility index (Phi) is 5.21. The van der Waals surface area contributed by atoms with Gasteiger partial charge in [0.05, 0.1) is 0 Å². The topological polar surface area (TPSA) is 73.6 Å². The number of rotatable bonds is 3. The first-order valence-corrected chi connectivity index (χ1v) is 6.18. The van der Waals surface area contributed by atoms with Crippen molar-refractivity contribution in [1.82, 2.24) is 5.32 Å². The molecule has 0 aromatic heterocycles. The van der Waals surface area contributed by atoms with Crippen LogP contribution in [0.5, 0.6) is 0 Å². The van der Waals surface area contributed by atoms with Crippen molar-refractivity contribution in [3.8, 4) is 0 Å². The van der Waals surface area contributed by atoms with Crippen molar-refractivity contribution < 1.29 is 14.3 Å². The number of amides is 1.